The van der Waals surface area contributed by atoms with Gasteiger partial charge < -0.3 is 10.1 Å². The number of ether oxygens (including phenoxy) is 1. The van der Waals surface area contributed by atoms with Crippen LogP contribution in [0.25, 0.3) is 23.0 Å². The van der Waals surface area contributed by atoms with Gasteiger partial charge >= 0.3 is 0 Å². The van der Waals surface area contributed by atoms with E-state index in [0.29, 0.717) is 21.6 Å². The van der Waals surface area contributed by atoms with Gasteiger partial charge in [-0.15, -0.1) is 0 Å². The Balaban J connectivity index is 1.44. The summed E-state index contributed by atoms with van der Waals surface area (Å²) >= 11 is 6.35. The summed E-state index contributed by atoms with van der Waals surface area (Å²) in [6.07, 6.45) is 3.70. The second kappa shape index (κ2) is 9.62. The second-order valence-corrected chi connectivity index (χ2v) is 9.22. The molecule has 4 aromatic rings. The normalized spacial score (nSPS) is 14.4. The van der Waals surface area contributed by atoms with Crippen LogP contribution in [-0.4, -0.2) is 20.0 Å². The minimum atomic E-state index is -0.274. The minimum Gasteiger partial charge on any atom is -0.489 e. The predicted molar refractivity (Wildman–Crippen MR) is 136 cm³/mol. The van der Waals surface area contributed by atoms with Crippen molar-refractivity contribution < 1.29 is 13.9 Å². The molecule has 0 atom stereocenters. The van der Waals surface area contributed by atoms with Crippen molar-refractivity contribution in [2.45, 2.75) is 6.61 Å². The van der Waals surface area contributed by atoms with E-state index >= 15 is 0 Å². The van der Waals surface area contributed by atoms with Gasteiger partial charge in [0.2, 0.25) is 0 Å². The van der Waals surface area contributed by atoms with Gasteiger partial charge in [-0.1, -0.05) is 54.3 Å². The molecule has 168 valence electrons. The zero-order valence-electron chi connectivity index (χ0n) is 17.8. The van der Waals surface area contributed by atoms with Crippen molar-refractivity contribution in [1.29, 1.82) is 0 Å². The fourth-order valence-corrected chi connectivity index (χ4v) is 4.48. The summed E-state index contributed by atoms with van der Waals surface area (Å²) in [7, 11) is 0. The lowest BCUT2D eigenvalue weighted by molar-refractivity contribution is -0.115. The van der Waals surface area contributed by atoms with Crippen molar-refractivity contribution in [3.8, 4) is 22.7 Å². The number of carbonyl (C=O) groups is 1. The van der Waals surface area contributed by atoms with Crippen molar-refractivity contribution >= 4 is 40.3 Å². The van der Waals surface area contributed by atoms with Crippen molar-refractivity contribution in [3.05, 3.63) is 107 Å². The third kappa shape index (κ3) is 4.93. The molecule has 1 N–H and O–H groups in total. The van der Waals surface area contributed by atoms with Gasteiger partial charge in [0.15, 0.2) is 0 Å². The average Bonchev–Trinajstić information content (AvgIpc) is 3.42. The number of nitrogens with one attached hydrogen (secondary N) is 1. The third-order valence-corrected chi connectivity index (χ3v) is 6.30. The lowest BCUT2D eigenvalue weighted by Gasteiger charge is -2.07. The Morgan fingerprint density at radius 1 is 1.03 bits per heavy atom. The molecule has 1 saturated heterocycles. The first-order valence-electron chi connectivity index (χ1n) is 10.4. The first-order chi connectivity index (χ1) is 16.5. The maximum absolute atomic E-state index is 13.1. The Kier molecular flexibility index (Phi) is 6.24. The number of thiocarbonyl (C=S) groups is 1. The lowest BCUT2D eigenvalue weighted by atomic mass is 10.1. The van der Waals surface area contributed by atoms with Gasteiger partial charge in [0.05, 0.1) is 16.3 Å². The second-order valence-electron chi connectivity index (χ2n) is 7.50. The summed E-state index contributed by atoms with van der Waals surface area (Å²) < 4.78 is 21.1. The molecule has 0 unspecified atom stereocenters. The zero-order chi connectivity index (χ0) is 23.5. The van der Waals surface area contributed by atoms with Gasteiger partial charge in [0.25, 0.3) is 5.91 Å². The Labute approximate surface area is 205 Å². The highest BCUT2D eigenvalue weighted by atomic mass is 32.2. The van der Waals surface area contributed by atoms with E-state index in [1.54, 1.807) is 22.9 Å². The van der Waals surface area contributed by atoms with E-state index in [2.05, 4.69) is 5.32 Å². The van der Waals surface area contributed by atoms with Crippen LogP contribution >= 0.6 is 24.0 Å². The molecule has 1 fully saturated rings. The van der Waals surface area contributed by atoms with Gasteiger partial charge in [-0.25, -0.2) is 9.07 Å². The number of carbonyl (C=O) groups excluding carboxylic acids is 1. The quantitative estimate of drug-likeness (QED) is 0.277. The predicted octanol–water partition coefficient (Wildman–Crippen LogP) is 5.75. The molecule has 5 rings (SSSR count). The number of thioether (sulfide) groups is 1. The van der Waals surface area contributed by atoms with E-state index in [9.17, 15) is 9.18 Å². The van der Waals surface area contributed by atoms with E-state index < -0.39 is 0 Å². The van der Waals surface area contributed by atoms with Crippen molar-refractivity contribution in [3.63, 3.8) is 0 Å². The molecule has 1 aliphatic heterocycles. The molecular formula is C26H18FN3O2S2. The smallest absolute Gasteiger partial charge is 0.263 e. The Bertz CT molecular complexity index is 1380. The van der Waals surface area contributed by atoms with Gasteiger partial charge in [0.1, 0.15) is 22.5 Å². The largest absolute Gasteiger partial charge is 0.489 e. The van der Waals surface area contributed by atoms with Crippen LogP contribution in [0.1, 0.15) is 11.1 Å². The summed E-state index contributed by atoms with van der Waals surface area (Å²) in [5.74, 6) is 0.202. The topological polar surface area (TPSA) is 56.2 Å². The molecule has 0 spiro atoms. The van der Waals surface area contributed by atoms with Crippen molar-refractivity contribution in [2.24, 2.45) is 0 Å². The van der Waals surface area contributed by atoms with E-state index in [1.165, 1.54) is 23.9 Å². The maximum Gasteiger partial charge on any atom is 0.263 e. The highest BCUT2D eigenvalue weighted by Crippen LogP contribution is 2.31. The molecule has 1 amide bonds. The monoisotopic (exact) mass is 487 g/mol. The first-order valence-corrected chi connectivity index (χ1v) is 11.7. The van der Waals surface area contributed by atoms with Gasteiger partial charge in [0, 0.05) is 17.3 Å². The molecule has 34 heavy (non-hydrogen) atoms. The minimum absolute atomic E-state index is 0.210. The molecule has 1 aliphatic rings. The number of rotatable bonds is 6. The van der Waals surface area contributed by atoms with Crippen molar-refractivity contribution in [2.75, 3.05) is 0 Å². The number of halogens is 1. The number of hydrogen-bond acceptors (Lipinski definition) is 5. The fourth-order valence-electron chi connectivity index (χ4n) is 3.45. The third-order valence-electron chi connectivity index (χ3n) is 5.14. The molecule has 2 heterocycles. The molecule has 3 aromatic carbocycles. The first kappa shape index (κ1) is 22.1. The number of amides is 1. The van der Waals surface area contributed by atoms with Crippen LogP contribution in [0.4, 0.5) is 4.39 Å². The molecule has 0 aliphatic carbocycles. The summed E-state index contributed by atoms with van der Waals surface area (Å²) in [5.41, 5.74) is 4.19. The van der Waals surface area contributed by atoms with Gasteiger partial charge in [-0.3, -0.25) is 4.79 Å². The average molecular weight is 488 g/mol. The Hall–Kier alpha value is -3.75. The standard InChI is InChI=1S/C26H18FN3O2S2/c27-20-10-6-17(7-11-20)16-32-22-12-8-18(9-13-22)24-19(14-23-25(31)28-26(33)34-23)15-30(29-24)21-4-2-1-3-5-21/h1-15H,16H2,(H,28,31,33)/b23-14-. The van der Waals surface area contributed by atoms with E-state index in [0.717, 1.165) is 28.1 Å². The summed E-state index contributed by atoms with van der Waals surface area (Å²) in [6.45, 7) is 0.339. The molecule has 0 radical (unpaired) electrons. The zero-order valence-corrected chi connectivity index (χ0v) is 19.4. The van der Waals surface area contributed by atoms with E-state index in [4.69, 9.17) is 22.1 Å². The van der Waals surface area contributed by atoms with Gasteiger partial charge in [-0.05, 0) is 60.2 Å². The number of para-hydroxylation sites is 1. The molecule has 1 aromatic heterocycles. The molecular weight excluding hydrogens is 469 g/mol. The molecule has 0 bridgehead atoms. The molecule has 5 nitrogen and oxygen atoms in total. The highest BCUT2D eigenvalue weighted by Gasteiger charge is 2.23. The number of hydrogen-bond donors (Lipinski definition) is 1. The van der Waals surface area contributed by atoms with Gasteiger partial charge in [-0.2, -0.15) is 5.10 Å². The van der Waals surface area contributed by atoms with Crippen LogP contribution in [-0.2, 0) is 11.4 Å². The Morgan fingerprint density at radius 2 is 1.76 bits per heavy atom. The maximum atomic E-state index is 13.1. The highest BCUT2D eigenvalue weighted by molar-refractivity contribution is 8.26. The van der Waals surface area contributed by atoms with Crippen LogP contribution < -0.4 is 10.1 Å². The van der Waals surface area contributed by atoms with Crippen molar-refractivity contribution in [1.82, 2.24) is 15.1 Å². The number of benzene rings is 3. The van der Waals surface area contributed by atoms with Crippen LogP contribution in [0.5, 0.6) is 5.75 Å². The van der Waals surface area contributed by atoms with Crippen LogP contribution in [0.15, 0.2) is 90.0 Å². The van der Waals surface area contributed by atoms with Crippen LogP contribution in [0, 0.1) is 5.82 Å². The Morgan fingerprint density at radius 3 is 2.44 bits per heavy atom. The van der Waals surface area contributed by atoms with Crippen LogP contribution in [0.2, 0.25) is 0 Å². The summed E-state index contributed by atoms with van der Waals surface area (Å²) in [5, 5.41) is 7.44. The lowest BCUT2D eigenvalue weighted by Crippen LogP contribution is -2.17. The summed E-state index contributed by atoms with van der Waals surface area (Å²) in [6, 6.07) is 23.6. The summed E-state index contributed by atoms with van der Waals surface area (Å²) in [4.78, 5) is 12.7. The number of nitrogens with zero attached hydrogens (tertiary/aromatic N) is 2. The number of aromatic nitrogens is 2. The molecule has 0 saturated carbocycles. The fraction of sp³-hybridized carbons (Fsp3) is 0.0385. The van der Waals surface area contributed by atoms with E-state index in [-0.39, 0.29) is 11.7 Å². The van der Waals surface area contributed by atoms with E-state index in [1.807, 2.05) is 60.8 Å². The SMILES string of the molecule is O=C1NC(=S)S/C1=C\c1cn(-c2ccccc2)nc1-c1ccc(OCc2ccc(F)cc2)cc1. The van der Waals surface area contributed by atoms with Crippen LogP contribution in [0.3, 0.4) is 0 Å². The molecule has 8 heteroatoms.